The minimum atomic E-state index is -0.450. The van der Waals surface area contributed by atoms with Gasteiger partial charge >= 0.3 is 5.97 Å². The van der Waals surface area contributed by atoms with Crippen molar-refractivity contribution in [1.29, 1.82) is 0 Å². The Bertz CT molecular complexity index is 995. The fraction of sp³-hybridized carbons (Fsp3) is 0.458. The highest BCUT2D eigenvalue weighted by atomic mass is 32.2. The molecule has 0 bridgehead atoms. The number of ether oxygens (including phenoxy) is 2. The first-order valence-corrected chi connectivity index (χ1v) is 11.9. The number of carbonyl (C=O) groups is 2. The zero-order chi connectivity index (χ0) is 22.7. The maximum atomic E-state index is 12.9. The lowest BCUT2D eigenvalue weighted by Gasteiger charge is -2.36. The lowest BCUT2D eigenvalue weighted by Crippen LogP contribution is -2.40. The maximum Gasteiger partial charge on any atom is 0.338 e. The Morgan fingerprint density at radius 1 is 1.22 bits per heavy atom. The lowest BCUT2D eigenvalue weighted by atomic mass is 9.93. The number of carbonyl (C=O) groups excluding carboxylic acids is 2. The second-order valence-electron chi connectivity index (χ2n) is 8.24. The smallest absolute Gasteiger partial charge is 0.338 e. The normalized spacial score (nSPS) is 21.0. The van der Waals surface area contributed by atoms with E-state index in [-0.39, 0.29) is 18.4 Å². The quantitative estimate of drug-likeness (QED) is 0.645. The molecule has 4 rings (SSSR count). The Labute approximate surface area is 192 Å². The average Bonchev–Trinajstić information content (AvgIpc) is 3.20. The topological polar surface area (TPSA) is 80.2 Å². The van der Waals surface area contributed by atoms with Gasteiger partial charge < -0.3 is 19.7 Å². The summed E-state index contributed by atoms with van der Waals surface area (Å²) in [5, 5.41) is 5.90. The molecule has 0 radical (unpaired) electrons. The van der Waals surface area contributed by atoms with Gasteiger partial charge in [-0.3, -0.25) is 4.79 Å². The minimum absolute atomic E-state index is 0.000264. The molecule has 32 heavy (non-hydrogen) atoms. The standard InChI is InChI=1S/C24H29N3O4S/c1-15-21(23(29)31-3)22(16-8-7-11-19(12-16)30-2)27-18(14-32-24(27)25-15)13-20(28)26-17-9-5-4-6-10-17/h7-8,11-12,14,17,22H,4-6,9-10,13H2,1-3H3,(H,26,28). The van der Waals surface area contributed by atoms with E-state index in [2.05, 4.69) is 10.3 Å². The SMILES string of the molecule is COC(=O)C1=C(C)N=C2SC=C(CC(=O)NC3CCCCC3)N2C1c1cccc(OC)c1. The first kappa shape index (κ1) is 22.5. The number of nitrogens with one attached hydrogen (secondary N) is 1. The molecule has 1 N–H and O–H groups in total. The molecule has 1 atom stereocenters. The van der Waals surface area contributed by atoms with Crippen molar-refractivity contribution in [3.05, 3.63) is 52.2 Å². The molecule has 1 aliphatic carbocycles. The Morgan fingerprint density at radius 2 is 2.00 bits per heavy atom. The van der Waals surface area contributed by atoms with Gasteiger partial charge in [-0.05, 0) is 42.9 Å². The van der Waals surface area contributed by atoms with Crippen LogP contribution >= 0.6 is 11.8 Å². The summed E-state index contributed by atoms with van der Waals surface area (Å²) in [6, 6.07) is 7.42. The molecule has 7 nitrogen and oxygen atoms in total. The number of hydrogen-bond acceptors (Lipinski definition) is 7. The third-order valence-corrected chi connectivity index (χ3v) is 7.02. The van der Waals surface area contributed by atoms with E-state index >= 15 is 0 Å². The number of amidine groups is 1. The van der Waals surface area contributed by atoms with Crippen LogP contribution < -0.4 is 10.1 Å². The first-order valence-electron chi connectivity index (χ1n) is 11.0. The summed E-state index contributed by atoms with van der Waals surface area (Å²) < 4.78 is 10.5. The van der Waals surface area contributed by atoms with Gasteiger partial charge in [-0.2, -0.15) is 0 Å². The van der Waals surface area contributed by atoms with Crippen molar-refractivity contribution in [2.45, 2.75) is 57.5 Å². The molecule has 3 aliphatic rings. The summed E-state index contributed by atoms with van der Waals surface area (Å²) in [5.74, 6) is 0.266. The van der Waals surface area contributed by atoms with E-state index in [1.807, 2.05) is 41.5 Å². The highest BCUT2D eigenvalue weighted by molar-refractivity contribution is 8.16. The van der Waals surface area contributed by atoms with E-state index in [1.165, 1.54) is 25.3 Å². The molecule has 0 spiro atoms. The Kier molecular flexibility index (Phi) is 6.89. The van der Waals surface area contributed by atoms with E-state index in [0.29, 0.717) is 17.0 Å². The van der Waals surface area contributed by atoms with Crippen molar-refractivity contribution in [3.63, 3.8) is 0 Å². The third-order valence-electron chi connectivity index (χ3n) is 6.13. The lowest BCUT2D eigenvalue weighted by molar-refractivity contribution is -0.136. The molecule has 2 heterocycles. The van der Waals surface area contributed by atoms with Crippen molar-refractivity contribution in [3.8, 4) is 5.75 Å². The van der Waals surface area contributed by atoms with E-state index in [4.69, 9.17) is 9.47 Å². The molecule has 0 saturated heterocycles. The van der Waals surface area contributed by atoms with Crippen LogP contribution in [-0.2, 0) is 14.3 Å². The fourth-order valence-corrected chi connectivity index (χ4v) is 5.52. The second kappa shape index (κ2) is 9.81. The van der Waals surface area contributed by atoms with Gasteiger partial charge in [0.25, 0.3) is 0 Å². The van der Waals surface area contributed by atoms with Gasteiger partial charge in [0, 0.05) is 11.7 Å². The summed E-state index contributed by atoms with van der Waals surface area (Å²) in [5.41, 5.74) is 2.77. The number of hydrogen-bond donors (Lipinski definition) is 1. The summed E-state index contributed by atoms with van der Waals surface area (Å²) >= 11 is 1.47. The zero-order valence-corrected chi connectivity index (χ0v) is 19.5. The number of benzene rings is 1. The molecule has 1 aromatic carbocycles. The van der Waals surface area contributed by atoms with Crippen molar-refractivity contribution in [1.82, 2.24) is 10.2 Å². The molecule has 1 unspecified atom stereocenters. The molecule has 1 saturated carbocycles. The van der Waals surface area contributed by atoms with Crippen molar-refractivity contribution < 1.29 is 19.1 Å². The van der Waals surface area contributed by atoms with Crippen LogP contribution in [0.5, 0.6) is 5.75 Å². The van der Waals surface area contributed by atoms with Gasteiger partial charge in [-0.1, -0.05) is 43.2 Å². The molecular formula is C24H29N3O4S. The van der Waals surface area contributed by atoms with Gasteiger partial charge in [0.2, 0.25) is 5.91 Å². The van der Waals surface area contributed by atoms with Gasteiger partial charge in [-0.15, -0.1) is 0 Å². The molecule has 8 heteroatoms. The third kappa shape index (κ3) is 4.55. The predicted octanol–water partition coefficient (Wildman–Crippen LogP) is 4.28. The number of fused-ring (bicyclic) bond motifs is 1. The van der Waals surface area contributed by atoms with Crippen LogP contribution in [0, 0.1) is 0 Å². The summed E-state index contributed by atoms with van der Waals surface area (Å²) in [6.07, 6.45) is 5.88. The molecular weight excluding hydrogens is 426 g/mol. The summed E-state index contributed by atoms with van der Waals surface area (Å²) in [6.45, 7) is 1.82. The minimum Gasteiger partial charge on any atom is -0.497 e. The zero-order valence-electron chi connectivity index (χ0n) is 18.7. The molecule has 1 amide bonds. The number of esters is 1. The average molecular weight is 456 g/mol. The molecule has 170 valence electrons. The van der Waals surface area contributed by atoms with Gasteiger partial charge in [0.15, 0.2) is 5.17 Å². The Balaban J connectivity index is 1.64. The number of thioether (sulfide) groups is 1. The van der Waals surface area contributed by atoms with E-state index in [9.17, 15) is 9.59 Å². The largest absolute Gasteiger partial charge is 0.497 e. The highest BCUT2D eigenvalue weighted by Crippen LogP contribution is 2.45. The molecule has 1 aromatic rings. The van der Waals surface area contributed by atoms with Crippen molar-refractivity contribution >= 4 is 28.8 Å². The van der Waals surface area contributed by atoms with E-state index in [0.717, 1.165) is 42.1 Å². The van der Waals surface area contributed by atoms with Crippen molar-refractivity contribution in [2.75, 3.05) is 14.2 Å². The van der Waals surface area contributed by atoms with Crippen LogP contribution in [0.15, 0.2) is 51.6 Å². The van der Waals surface area contributed by atoms with Crippen LogP contribution in [-0.4, -0.2) is 42.2 Å². The van der Waals surface area contributed by atoms with E-state index < -0.39 is 12.0 Å². The number of methoxy groups -OCH3 is 2. The van der Waals surface area contributed by atoms with Crippen LogP contribution in [0.2, 0.25) is 0 Å². The number of allylic oxidation sites excluding steroid dienone is 1. The number of aliphatic imine (C=N–C) groups is 1. The Morgan fingerprint density at radius 3 is 2.72 bits per heavy atom. The second-order valence-corrected chi connectivity index (χ2v) is 9.08. The summed E-state index contributed by atoms with van der Waals surface area (Å²) in [4.78, 5) is 32.3. The van der Waals surface area contributed by atoms with Crippen LogP contribution in [0.3, 0.4) is 0 Å². The van der Waals surface area contributed by atoms with Crippen molar-refractivity contribution in [2.24, 2.45) is 4.99 Å². The first-order chi connectivity index (χ1) is 15.5. The van der Waals surface area contributed by atoms with Gasteiger partial charge in [0.05, 0.1) is 38.0 Å². The molecule has 2 aliphatic heterocycles. The van der Waals surface area contributed by atoms with Gasteiger partial charge in [-0.25, -0.2) is 9.79 Å². The Hall–Kier alpha value is -2.74. The van der Waals surface area contributed by atoms with Gasteiger partial charge in [0.1, 0.15) is 5.75 Å². The number of rotatable bonds is 6. The molecule has 0 aromatic heterocycles. The van der Waals surface area contributed by atoms with Crippen LogP contribution in [0.1, 0.15) is 57.1 Å². The van der Waals surface area contributed by atoms with E-state index in [1.54, 1.807) is 7.11 Å². The van der Waals surface area contributed by atoms with Crippen LogP contribution in [0.25, 0.3) is 0 Å². The number of nitrogens with zero attached hydrogens (tertiary/aromatic N) is 2. The number of amides is 1. The monoisotopic (exact) mass is 455 g/mol. The van der Waals surface area contributed by atoms with Crippen LogP contribution in [0.4, 0.5) is 0 Å². The maximum absolute atomic E-state index is 12.9. The fourth-order valence-electron chi connectivity index (χ4n) is 4.56. The predicted molar refractivity (Wildman–Crippen MR) is 125 cm³/mol. The molecule has 1 fully saturated rings. The summed E-state index contributed by atoms with van der Waals surface area (Å²) in [7, 11) is 2.99. The highest BCUT2D eigenvalue weighted by Gasteiger charge is 2.41.